The average Bonchev–Trinajstić information content (AvgIpc) is 3.09. The van der Waals surface area contributed by atoms with Gasteiger partial charge in [-0.15, -0.1) is 10.2 Å². The minimum Gasteiger partial charge on any atom is -0.314 e. The van der Waals surface area contributed by atoms with Gasteiger partial charge in [0.2, 0.25) is 5.56 Å². The molecule has 0 bridgehead atoms. The average molecular weight is 380 g/mol. The predicted octanol–water partition coefficient (Wildman–Crippen LogP) is 2.50. The largest absolute Gasteiger partial charge is 0.314 e. The third-order valence-electron chi connectivity index (χ3n) is 5.68. The summed E-state index contributed by atoms with van der Waals surface area (Å²) in [6.07, 6.45) is 2.03. The van der Waals surface area contributed by atoms with E-state index in [0.717, 1.165) is 55.3 Å². The van der Waals surface area contributed by atoms with Crippen LogP contribution in [0.3, 0.4) is 0 Å². The van der Waals surface area contributed by atoms with Crippen LogP contribution in [0.4, 0.5) is 0 Å². The maximum absolute atomic E-state index is 11.8. The fourth-order valence-corrected chi connectivity index (χ4v) is 3.80. The number of aromatic nitrogens is 5. The number of likely N-dealkylation sites (tertiary alicyclic amines) is 1. The third kappa shape index (κ3) is 3.58. The summed E-state index contributed by atoms with van der Waals surface area (Å²) < 4.78 is 3.66. The zero-order valence-electron chi connectivity index (χ0n) is 17.1. The molecule has 7 nitrogen and oxygen atoms in total. The van der Waals surface area contributed by atoms with E-state index in [1.165, 1.54) is 0 Å². The van der Waals surface area contributed by atoms with Crippen molar-refractivity contribution in [3.63, 3.8) is 0 Å². The number of hydrogen-bond acceptors (Lipinski definition) is 5. The summed E-state index contributed by atoms with van der Waals surface area (Å²) in [6.45, 7) is 9.25. The first-order chi connectivity index (χ1) is 13.3. The summed E-state index contributed by atoms with van der Waals surface area (Å²) in [6, 6.07) is 9.52. The Kier molecular flexibility index (Phi) is 4.79. The summed E-state index contributed by atoms with van der Waals surface area (Å²) in [4.78, 5) is 14.2. The molecule has 0 aliphatic carbocycles. The number of nitrogens with zero attached hydrogens (tertiary/aromatic N) is 6. The molecule has 1 fully saturated rings. The Hall–Kier alpha value is -2.54. The van der Waals surface area contributed by atoms with E-state index in [2.05, 4.69) is 35.9 Å². The molecule has 0 radical (unpaired) electrons. The van der Waals surface area contributed by atoms with Crippen molar-refractivity contribution in [2.45, 2.75) is 51.5 Å². The van der Waals surface area contributed by atoms with Gasteiger partial charge in [-0.1, -0.05) is 26.8 Å². The lowest BCUT2D eigenvalue weighted by atomic mass is 9.92. The second-order valence-corrected chi connectivity index (χ2v) is 8.76. The van der Waals surface area contributed by atoms with Gasteiger partial charge in [0.15, 0.2) is 11.5 Å². The first kappa shape index (κ1) is 18.8. The van der Waals surface area contributed by atoms with Gasteiger partial charge in [0.25, 0.3) is 0 Å². The monoisotopic (exact) mass is 380 g/mol. The number of fused-ring (bicyclic) bond motifs is 1. The van der Waals surface area contributed by atoms with Crippen molar-refractivity contribution in [1.29, 1.82) is 0 Å². The highest BCUT2D eigenvalue weighted by Gasteiger charge is 2.26. The molecule has 0 N–H and O–H groups in total. The number of pyridine rings is 1. The van der Waals surface area contributed by atoms with Crippen LogP contribution in [0.25, 0.3) is 5.65 Å². The molecule has 0 saturated carbocycles. The Morgan fingerprint density at radius 2 is 1.82 bits per heavy atom. The minimum absolute atomic E-state index is 0.00921. The molecular formula is C21H28N6O. The van der Waals surface area contributed by atoms with Gasteiger partial charge in [0, 0.05) is 36.7 Å². The van der Waals surface area contributed by atoms with Crippen LogP contribution >= 0.6 is 0 Å². The minimum atomic E-state index is -0.00921. The third-order valence-corrected chi connectivity index (χ3v) is 5.68. The normalized spacial score (nSPS) is 16.7. The van der Waals surface area contributed by atoms with E-state index in [4.69, 9.17) is 5.10 Å². The highest BCUT2D eigenvalue weighted by molar-refractivity contribution is 5.37. The Morgan fingerprint density at radius 3 is 2.54 bits per heavy atom. The molecule has 4 rings (SSSR count). The van der Waals surface area contributed by atoms with Crippen LogP contribution < -0.4 is 5.56 Å². The van der Waals surface area contributed by atoms with Crippen LogP contribution in [0.1, 0.15) is 56.7 Å². The highest BCUT2D eigenvalue weighted by Crippen LogP contribution is 2.28. The van der Waals surface area contributed by atoms with E-state index in [-0.39, 0.29) is 11.0 Å². The second-order valence-electron chi connectivity index (χ2n) is 8.76. The van der Waals surface area contributed by atoms with Crippen molar-refractivity contribution in [2.24, 2.45) is 7.05 Å². The fraction of sp³-hybridized carbons (Fsp3) is 0.524. The van der Waals surface area contributed by atoms with E-state index in [1.54, 1.807) is 10.6 Å². The van der Waals surface area contributed by atoms with Gasteiger partial charge >= 0.3 is 0 Å². The first-order valence-electron chi connectivity index (χ1n) is 9.93. The molecule has 3 aromatic rings. The summed E-state index contributed by atoms with van der Waals surface area (Å²) in [5, 5.41) is 13.6. The van der Waals surface area contributed by atoms with Gasteiger partial charge in [-0.25, -0.2) is 0 Å². The molecule has 4 heterocycles. The lowest BCUT2D eigenvalue weighted by Gasteiger charge is -2.31. The Bertz CT molecular complexity index is 1040. The van der Waals surface area contributed by atoms with Gasteiger partial charge in [-0.05, 0) is 44.1 Å². The van der Waals surface area contributed by atoms with E-state index in [9.17, 15) is 4.79 Å². The standard InChI is InChI=1S/C21H28N6O/c1-21(2,3)17-8-9-18-22-23-20(27(18)24-17)15-10-12-26(13-11-15)14-16-6-5-7-19(28)25(16)4/h5-9,15H,10-14H2,1-4H3. The second kappa shape index (κ2) is 7.13. The molecular weight excluding hydrogens is 352 g/mol. The van der Waals surface area contributed by atoms with Crippen molar-refractivity contribution < 1.29 is 0 Å². The van der Waals surface area contributed by atoms with Crippen molar-refractivity contribution in [2.75, 3.05) is 13.1 Å². The number of piperidine rings is 1. The number of hydrogen-bond donors (Lipinski definition) is 0. The van der Waals surface area contributed by atoms with Gasteiger partial charge < -0.3 is 4.57 Å². The topological polar surface area (TPSA) is 68.3 Å². The van der Waals surface area contributed by atoms with Crippen LogP contribution in [-0.2, 0) is 19.0 Å². The maximum Gasteiger partial charge on any atom is 0.250 e. The molecule has 28 heavy (non-hydrogen) atoms. The van der Waals surface area contributed by atoms with E-state index in [0.29, 0.717) is 5.92 Å². The van der Waals surface area contributed by atoms with E-state index in [1.807, 2.05) is 35.8 Å². The molecule has 0 spiro atoms. The summed E-state index contributed by atoms with van der Waals surface area (Å²) in [5.74, 6) is 1.32. The summed E-state index contributed by atoms with van der Waals surface area (Å²) in [7, 11) is 1.84. The van der Waals surface area contributed by atoms with Crippen molar-refractivity contribution in [3.05, 3.63) is 57.9 Å². The van der Waals surface area contributed by atoms with Crippen molar-refractivity contribution in [1.82, 2.24) is 29.3 Å². The zero-order valence-corrected chi connectivity index (χ0v) is 17.1. The summed E-state index contributed by atoms with van der Waals surface area (Å²) in [5.41, 5.74) is 2.94. The fourth-order valence-electron chi connectivity index (χ4n) is 3.80. The first-order valence-corrected chi connectivity index (χ1v) is 9.93. The molecule has 7 heteroatoms. The molecule has 0 unspecified atom stereocenters. The lowest BCUT2D eigenvalue weighted by molar-refractivity contribution is 0.196. The van der Waals surface area contributed by atoms with Crippen LogP contribution in [-0.4, -0.2) is 42.4 Å². The van der Waals surface area contributed by atoms with Crippen molar-refractivity contribution in [3.8, 4) is 0 Å². The molecule has 3 aromatic heterocycles. The molecule has 1 saturated heterocycles. The van der Waals surface area contributed by atoms with Gasteiger partial charge in [0.05, 0.1) is 5.69 Å². The Balaban J connectivity index is 1.49. The van der Waals surface area contributed by atoms with Gasteiger partial charge in [-0.3, -0.25) is 9.69 Å². The van der Waals surface area contributed by atoms with E-state index < -0.39 is 0 Å². The van der Waals surface area contributed by atoms with Crippen LogP contribution in [0.15, 0.2) is 35.1 Å². The highest BCUT2D eigenvalue weighted by atomic mass is 16.1. The number of rotatable bonds is 3. The maximum atomic E-state index is 11.8. The summed E-state index contributed by atoms with van der Waals surface area (Å²) >= 11 is 0. The van der Waals surface area contributed by atoms with Gasteiger partial charge in [-0.2, -0.15) is 9.61 Å². The van der Waals surface area contributed by atoms with Crippen LogP contribution in [0.5, 0.6) is 0 Å². The van der Waals surface area contributed by atoms with Gasteiger partial charge in [0.1, 0.15) is 0 Å². The molecule has 0 atom stereocenters. The molecule has 0 amide bonds. The van der Waals surface area contributed by atoms with Crippen molar-refractivity contribution >= 4 is 5.65 Å². The zero-order chi connectivity index (χ0) is 19.9. The van der Waals surface area contributed by atoms with E-state index >= 15 is 0 Å². The molecule has 1 aliphatic heterocycles. The molecule has 0 aromatic carbocycles. The smallest absolute Gasteiger partial charge is 0.250 e. The quantitative estimate of drug-likeness (QED) is 0.698. The lowest BCUT2D eigenvalue weighted by Crippen LogP contribution is -2.35. The van der Waals surface area contributed by atoms with Crippen LogP contribution in [0.2, 0.25) is 0 Å². The van der Waals surface area contributed by atoms with Crippen LogP contribution in [0, 0.1) is 0 Å². The Labute approximate surface area is 165 Å². The SMILES string of the molecule is Cn1c(CN2CCC(c3nnc4ccc(C(C)(C)C)nn34)CC2)cccc1=O. The predicted molar refractivity (Wildman–Crippen MR) is 108 cm³/mol. The molecule has 148 valence electrons. The Morgan fingerprint density at radius 1 is 1.07 bits per heavy atom. The molecule has 1 aliphatic rings.